The molecule has 0 aliphatic carbocycles. The largest absolute Gasteiger partial charge is 0.427 e. The van der Waals surface area contributed by atoms with Gasteiger partial charge in [0.15, 0.2) is 0 Å². The molecule has 0 radical (unpaired) electrons. The predicted molar refractivity (Wildman–Crippen MR) is 127 cm³/mol. The summed E-state index contributed by atoms with van der Waals surface area (Å²) >= 11 is 0. The first-order chi connectivity index (χ1) is 14.4. The number of nitrogens with two attached hydrogens (primary N) is 1. The van der Waals surface area contributed by atoms with Gasteiger partial charge in [-0.15, -0.1) is 0 Å². The minimum atomic E-state index is -0.511. The lowest BCUT2D eigenvalue weighted by Crippen LogP contribution is -2.18. The zero-order chi connectivity index (χ0) is 22.6. The Bertz CT molecular complexity index is 522. The van der Waals surface area contributed by atoms with Gasteiger partial charge in [-0.1, -0.05) is 110 Å². The van der Waals surface area contributed by atoms with Gasteiger partial charge in [-0.25, -0.2) is 4.79 Å². The highest BCUT2D eigenvalue weighted by atomic mass is 16.5. The lowest BCUT2D eigenvalue weighted by Gasteiger charge is -2.13. The maximum absolute atomic E-state index is 11.8. The summed E-state index contributed by atoms with van der Waals surface area (Å²) in [5, 5.41) is 0. The van der Waals surface area contributed by atoms with Gasteiger partial charge in [0, 0.05) is 12.0 Å². The lowest BCUT2D eigenvalue weighted by molar-refractivity contribution is -0.135. The van der Waals surface area contributed by atoms with E-state index in [1.165, 1.54) is 83.5 Å². The number of primary amides is 1. The number of amides is 1. The second-order valence-electron chi connectivity index (χ2n) is 8.49. The van der Waals surface area contributed by atoms with E-state index in [-0.39, 0.29) is 0 Å². The van der Waals surface area contributed by atoms with Crippen molar-refractivity contribution in [1.29, 1.82) is 0 Å². The molecule has 0 aromatic heterocycles. The van der Waals surface area contributed by atoms with E-state index < -0.39 is 11.9 Å². The van der Waals surface area contributed by atoms with E-state index >= 15 is 0 Å². The molecule has 0 bridgehead atoms. The van der Waals surface area contributed by atoms with Gasteiger partial charge >= 0.3 is 5.97 Å². The summed E-state index contributed by atoms with van der Waals surface area (Å²) in [5.74, 6) is -0.575. The molecule has 0 fully saturated rings. The molecule has 4 nitrogen and oxygen atoms in total. The van der Waals surface area contributed by atoms with Crippen LogP contribution in [0, 0.1) is 0 Å². The molecule has 30 heavy (non-hydrogen) atoms. The van der Waals surface area contributed by atoms with Crippen molar-refractivity contribution in [2.24, 2.45) is 5.73 Å². The molecular weight excluding hydrogens is 374 g/mol. The maximum atomic E-state index is 11.8. The Morgan fingerprint density at radius 2 is 1.13 bits per heavy atom. The molecule has 0 saturated heterocycles. The molecular formula is C26H47NO3. The van der Waals surface area contributed by atoms with Crippen LogP contribution in [-0.2, 0) is 14.3 Å². The third-order valence-electron chi connectivity index (χ3n) is 5.56. The van der Waals surface area contributed by atoms with Gasteiger partial charge in [-0.05, 0) is 19.8 Å². The van der Waals surface area contributed by atoms with E-state index in [9.17, 15) is 9.59 Å². The van der Waals surface area contributed by atoms with Gasteiger partial charge in [0.25, 0.3) is 0 Å². The van der Waals surface area contributed by atoms with Crippen LogP contribution in [0.2, 0.25) is 0 Å². The Kier molecular flexibility index (Phi) is 18.4. The number of hydrogen-bond acceptors (Lipinski definition) is 3. The maximum Gasteiger partial charge on any atom is 0.338 e. The van der Waals surface area contributed by atoms with Crippen molar-refractivity contribution in [1.82, 2.24) is 0 Å². The van der Waals surface area contributed by atoms with Crippen LogP contribution in [0.15, 0.2) is 23.5 Å². The average Bonchev–Trinajstić information content (AvgIpc) is 2.70. The quantitative estimate of drug-likeness (QED) is 0.0956. The first-order valence-corrected chi connectivity index (χ1v) is 12.3. The van der Waals surface area contributed by atoms with Crippen molar-refractivity contribution in [3.63, 3.8) is 0 Å². The summed E-state index contributed by atoms with van der Waals surface area (Å²) in [4.78, 5) is 23.5. The van der Waals surface area contributed by atoms with Crippen LogP contribution < -0.4 is 5.73 Å². The molecule has 0 saturated carbocycles. The van der Waals surface area contributed by atoms with Crippen LogP contribution in [0.5, 0.6) is 0 Å². The summed E-state index contributed by atoms with van der Waals surface area (Å²) in [6.07, 6.45) is 20.5. The minimum absolute atomic E-state index is 0.323. The lowest BCUT2D eigenvalue weighted by atomic mass is 10.0. The van der Waals surface area contributed by atoms with Gasteiger partial charge in [0.2, 0.25) is 5.91 Å². The van der Waals surface area contributed by atoms with Gasteiger partial charge in [-0.2, -0.15) is 0 Å². The smallest absolute Gasteiger partial charge is 0.338 e. The van der Waals surface area contributed by atoms with Crippen LogP contribution in [0.1, 0.15) is 130 Å². The summed E-state index contributed by atoms with van der Waals surface area (Å²) in [7, 11) is 0. The predicted octanol–water partition coefficient (Wildman–Crippen LogP) is 7.52. The van der Waals surface area contributed by atoms with Gasteiger partial charge in [0.05, 0.1) is 5.57 Å². The Morgan fingerprint density at radius 1 is 0.733 bits per heavy atom. The van der Waals surface area contributed by atoms with Gasteiger partial charge in [0.1, 0.15) is 5.76 Å². The SMILES string of the molecule is C=C(C)C(=O)OC(CCCCCCCCCCCCCCCCC)=C(CC)C(N)=O. The highest BCUT2D eigenvalue weighted by molar-refractivity contribution is 5.93. The number of allylic oxidation sites excluding steroid dienone is 1. The summed E-state index contributed by atoms with van der Waals surface area (Å²) in [6.45, 7) is 9.32. The highest BCUT2D eigenvalue weighted by Crippen LogP contribution is 2.20. The fourth-order valence-electron chi connectivity index (χ4n) is 3.63. The Labute approximate surface area is 185 Å². The third-order valence-corrected chi connectivity index (χ3v) is 5.56. The summed E-state index contributed by atoms with van der Waals surface area (Å²) in [5.41, 5.74) is 6.18. The molecule has 1 amide bonds. The van der Waals surface area contributed by atoms with Crippen LogP contribution in [0.3, 0.4) is 0 Å². The van der Waals surface area contributed by atoms with Gasteiger partial charge < -0.3 is 10.5 Å². The molecule has 174 valence electrons. The molecule has 0 aliphatic rings. The molecule has 0 aromatic rings. The first kappa shape index (κ1) is 28.4. The summed E-state index contributed by atoms with van der Waals surface area (Å²) in [6, 6.07) is 0. The van der Waals surface area contributed by atoms with Crippen LogP contribution in [0.25, 0.3) is 0 Å². The fourth-order valence-corrected chi connectivity index (χ4v) is 3.63. The van der Waals surface area contributed by atoms with Crippen molar-refractivity contribution < 1.29 is 14.3 Å². The fraction of sp³-hybridized carbons (Fsp3) is 0.769. The van der Waals surface area contributed by atoms with E-state index in [1.807, 2.05) is 6.92 Å². The number of carbonyl (C=O) groups excluding carboxylic acids is 2. The van der Waals surface area contributed by atoms with Crippen LogP contribution in [-0.4, -0.2) is 11.9 Å². The number of unbranched alkanes of at least 4 members (excludes halogenated alkanes) is 14. The van der Waals surface area contributed by atoms with E-state index in [1.54, 1.807) is 6.92 Å². The molecule has 2 N–H and O–H groups in total. The monoisotopic (exact) mass is 421 g/mol. The third kappa shape index (κ3) is 15.3. The minimum Gasteiger partial charge on any atom is -0.427 e. The van der Waals surface area contributed by atoms with Crippen molar-refractivity contribution in [3.05, 3.63) is 23.5 Å². The molecule has 0 heterocycles. The molecule has 0 aliphatic heterocycles. The normalized spacial score (nSPS) is 11.8. The number of esters is 1. The summed E-state index contributed by atoms with van der Waals surface area (Å²) < 4.78 is 5.39. The van der Waals surface area contributed by atoms with E-state index in [2.05, 4.69) is 13.5 Å². The average molecular weight is 422 g/mol. The number of hydrogen-bond donors (Lipinski definition) is 1. The first-order valence-electron chi connectivity index (χ1n) is 12.3. The topological polar surface area (TPSA) is 69.4 Å². The van der Waals surface area contributed by atoms with Crippen molar-refractivity contribution in [2.45, 2.75) is 130 Å². The Hall–Kier alpha value is -1.58. The highest BCUT2D eigenvalue weighted by Gasteiger charge is 2.16. The molecule has 0 aromatic carbocycles. The van der Waals surface area contributed by atoms with Crippen LogP contribution in [0.4, 0.5) is 0 Å². The Morgan fingerprint density at radius 3 is 1.47 bits per heavy atom. The zero-order valence-electron chi connectivity index (χ0n) is 20.0. The molecule has 4 heteroatoms. The number of ether oxygens (including phenoxy) is 1. The number of carbonyl (C=O) groups is 2. The second-order valence-corrected chi connectivity index (χ2v) is 8.49. The molecule has 0 atom stereocenters. The van der Waals surface area contributed by atoms with Crippen molar-refractivity contribution in [3.8, 4) is 0 Å². The van der Waals surface area contributed by atoms with Crippen molar-refractivity contribution >= 4 is 11.9 Å². The van der Waals surface area contributed by atoms with E-state index in [0.717, 1.165) is 12.8 Å². The standard InChI is InChI=1S/C26H47NO3/c1-5-7-8-9-10-11-12-13-14-15-16-17-18-19-20-21-24(23(6-2)25(27)28)30-26(29)22(3)4/h3,5-21H2,1-2,4H3,(H2,27,28). The number of rotatable bonds is 20. The molecule has 0 unspecified atom stereocenters. The Balaban J connectivity index is 3.86. The van der Waals surface area contributed by atoms with E-state index in [4.69, 9.17) is 10.5 Å². The molecule has 0 spiro atoms. The zero-order valence-corrected chi connectivity index (χ0v) is 20.0. The second kappa shape index (κ2) is 19.4. The van der Waals surface area contributed by atoms with Gasteiger partial charge in [-0.3, -0.25) is 4.79 Å². The van der Waals surface area contributed by atoms with Crippen LogP contribution >= 0.6 is 0 Å². The van der Waals surface area contributed by atoms with Crippen molar-refractivity contribution in [2.75, 3.05) is 0 Å². The van der Waals surface area contributed by atoms with E-state index in [0.29, 0.717) is 29.7 Å². The molecule has 0 rings (SSSR count).